The maximum Gasteiger partial charge on any atom is 0.142 e. The van der Waals surface area contributed by atoms with E-state index in [0.717, 1.165) is 30.0 Å². The van der Waals surface area contributed by atoms with Crippen LogP contribution in [0.2, 0.25) is 0 Å². The first-order chi connectivity index (χ1) is 8.11. The van der Waals surface area contributed by atoms with Crippen molar-refractivity contribution in [2.45, 2.75) is 27.2 Å². The van der Waals surface area contributed by atoms with E-state index in [9.17, 15) is 0 Å². The number of nitrogen functional groups attached to an aromatic ring is 1. The number of nitrogens with two attached hydrogens (primary N) is 1. The Kier molecular flexibility index (Phi) is 5.84. The third kappa shape index (κ3) is 5.09. The van der Waals surface area contributed by atoms with E-state index in [-0.39, 0.29) is 0 Å². The van der Waals surface area contributed by atoms with E-state index in [1.807, 2.05) is 25.1 Å². The van der Waals surface area contributed by atoms with Gasteiger partial charge in [0.05, 0.1) is 12.3 Å². The van der Waals surface area contributed by atoms with Crippen LogP contribution in [0.15, 0.2) is 18.2 Å². The molecule has 96 valence electrons. The minimum Gasteiger partial charge on any atom is -0.489 e. The first-order valence-electron chi connectivity index (χ1n) is 6.17. The molecule has 0 radical (unpaired) electrons. The zero-order valence-corrected chi connectivity index (χ0v) is 11.0. The Hall–Kier alpha value is -1.22. The average Bonchev–Trinajstić information content (AvgIpc) is 2.28. The van der Waals surface area contributed by atoms with Gasteiger partial charge in [0.15, 0.2) is 0 Å². The second-order valence-electron chi connectivity index (χ2n) is 4.63. The van der Waals surface area contributed by atoms with Crippen molar-refractivity contribution >= 4 is 5.69 Å². The van der Waals surface area contributed by atoms with Gasteiger partial charge in [-0.2, -0.15) is 0 Å². The average molecular weight is 237 g/mol. The molecule has 1 rings (SSSR count). The van der Waals surface area contributed by atoms with Crippen LogP contribution in [-0.4, -0.2) is 19.8 Å². The number of aryl methyl sites for hydroxylation is 1. The monoisotopic (exact) mass is 237 g/mol. The molecule has 0 unspecified atom stereocenters. The van der Waals surface area contributed by atoms with Crippen molar-refractivity contribution in [2.75, 3.05) is 25.6 Å². The molecule has 0 aromatic heterocycles. The fourth-order valence-corrected chi connectivity index (χ4v) is 1.41. The van der Waals surface area contributed by atoms with Crippen molar-refractivity contribution in [3.63, 3.8) is 0 Å². The van der Waals surface area contributed by atoms with Crippen molar-refractivity contribution in [3.8, 4) is 5.75 Å². The Morgan fingerprint density at radius 3 is 2.65 bits per heavy atom. The second kappa shape index (κ2) is 7.17. The lowest BCUT2D eigenvalue weighted by Crippen LogP contribution is -2.09. The highest BCUT2D eigenvalue weighted by Gasteiger charge is 2.02. The van der Waals surface area contributed by atoms with Crippen LogP contribution < -0.4 is 10.5 Å². The molecular formula is C14H23NO2. The minimum atomic E-state index is 0.547. The van der Waals surface area contributed by atoms with Crippen LogP contribution in [0.4, 0.5) is 5.69 Å². The molecular weight excluding hydrogens is 214 g/mol. The molecule has 0 bridgehead atoms. The van der Waals surface area contributed by atoms with Gasteiger partial charge in [0.1, 0.15) is 12.4 Å². The van der Waals surface area contributed by atoms with Crippen LogP contribution in [0.5, 0.6) is 5.75 Å². The number of hydrogen-bond acceptors (Lipinski definition) is 3. The Morgan fingerprint density at radius 1 is 1.18 bits per heavy atom. The third-order valence-corrected chi connectivity index (χ3v) is 2.61. The first-order valence-corrected chi connectivity index (χ1v) is 6.17. The summed E-state index contributed by atoms with van der Waals surface area (Å²) in [6, 6.07) is 5.80. The van der Waals surface area contributed by atoms with E-state index in [2.05, 4.69) is 13.8 Å². The number of benzene rings is 1. The Bertz CT molecular complexity index is 337. The summed E-state index contributed by atoms with van der Waals surface area (Å²) in [4.78, 5) is 0. The molecule has 0 amide bonds. The van der Waals surface area contributed by atoms with Gasteiger partial charge in [0.25, 0.3) is 0 Å². The zero-order valence-electron chi connectivity index (χ0n) is 11.0. The molecule has 17 heavy (non-hydrogen) atoms. The molecule has 1 aromatic carbocycles. The quantitative estimate of drug-likeness (QED) is 0.585. The van der Waals surface area contributed by atoms with Gasteiger partial charge in [-0.3, -0.25) is 0 Å². The van der Waals surface area contributed by atoms with Crippen LogP contribution >= 0.6 is 0 Å². The largest absolute Gasteiger partial charge is 0.489 e. The Balaban J connectivity index is 2.20. The molecule has 0 aliphatic heterocycles. The van der Waals surface area contributed by atoms with Gasteiger partial charge < -0.3 is 15.2 Å². The maximum atomic E-state index is 5.90. The SMILES string of the molecule is Cc1cccc(OCCOCCC(C)C)c1N. The van der Waals surface area contributed by atoms with E-state index < -0.39 is 0 Å². The predicted octanol–water partition coefficient (Wildman–Crippen LogP) is 3.02. The Morgan fingerprint density at radius 2 is 1.94 bits per heavy atom. The highest BCUT2D eigenvalue weighted by atomic mass is 16.5. The predicted molar refractivity (Wildman–Crippen MR) is 71.4 cm³/mol. The van der Waals surface area contributed by atoms with Crippen LogP contribution in [0.3, 0.4) is 0 Å². The summed E-state index contributed by atoms with van der Waals surface area (Å²) in [6.45, 7) is 8.30. The number of para-hydroxylation sites is 1. The summed E-state index contributed by atoms with van der Waals surface area (Å²) in [7, 11) is 0. The van der Waals surface area contributed by atoms with Gasteiger partial charge in [-0.1, -0.05) is 26.0 Å². The molecule has 0 aliphatic rings. The second-order valence-corrected chi connectivity index (χ2v) is 4.63. The summed E-state index contributed by atoms with van der Waals surface area (Å²) >= 11 is 0. The lowest BCUT2D eigenvalue weighted by molar-refractivity contribution is 0.0928. The molecule has 0 saturated heterocycles. The summed E-state index contributed by atoms with van der Waals surface area (Å²) in [5.74, 6) is 1.43. The van der Waals surface area contributed by atoms with E-state index in [0.29, 0.717) is 19.1 Å². The van der Waals surface area contributed by atoms with Crippen LogP contribution in [-0.2, 0) is 4.74 Å². The standard InChI is InChI=1S/C14H23NO2/c1-11(2)7-8-16-9-10-17-13-6-4-5-12(3)14(13)15/h4-6,11H,7-10,15H2,1-3H3. The molecule has 0 aliphatic carbocycles. The first kappa shape index (κ1) is 13.8. The van der Waals surface area contributed by atoms with Gasteiger partial charge in [0, 0.05) is 6.61 Å². The molecule has 0 fully saturated rings. The molecule has 0 spiro atoms. The molecule has 2 N–H and O–H groups in total. The van der Waals surface area contributed by atoms with E-state index in [4.69, 9.17) is 15.2 Å². The summed E-state index contributed by atoms with van der Waals surface area (Å²) in [5, 5.41) is 0. The van der Waals surface area contributed by atoms with Crippen molar-refractivity contribution in [1.29, 1.82) is 0 Å². The van der Waals surface area contributed by atoms with Gasteiger partial charge in [-0.15, -0.1) is 0 Å². The molecule has 0 saturated carbocycles. The van der Waals surface area contributed by atoms with Gasteiger partial charge in [-0.05, 0) is 30.9 Å². The molecule has 1 aromatic rings. The summed E-state index contributed by atoms with van der Waals surface area (Å²) < 4.78 is 11.0. The number of anilines is 1. The maximum absolute atomic E-state index is 5.90. The summed E-state index contributed by atoms with van der Waals surface area (Å²) in [5.41, 5.74) is 7.66. The van der Waals surface area contributed by atoms with Crippen molar-refractivity contribution in [3.05, 3.63) is 23.8 Å². The normalized spacial score (nSPS) is 10.8. The molecule has 3 nitrogen and oxygen atoms in total. The van der Waals surface area contributed by atoms with Crippen molar-refractivity contribution < 1.29 is 9.47 Å². The van der Waals surface area contributed by atoms with Crippen LogP contribution in [0, 0.1) is 12.8 Å². The van der Waals surface area contributed by atoms with E-state index in [1.165, 1.54) is 0 Å². The van der Waals surface area contributed by atoms with Crippen LogP contribution in [0.1, 0.15) is 25.8 Å². The molecule has 0 atom stereocenters. The lowest BCUT2D eigenvalue weighted by atomic mass is 10.1. The topological polar surface area (TPSA) is 44.5 Å². The van der Waals surface area contributed by atoms with Gasteiger partial charge in [0.2, 0.25) is 0 Å². The number of hydrogen-bond donors (Lipinski definition) is 1. The van der Waals surface area contributed by atoms with E-state index >= 15 is 0 Å². The van der Waals surface area contributed by atoms with Crippen molar-refractivity contribution in [1.82, 2.24) is 0 Å². The smallest absolute Gasteiger partial charge is 0.142 e. The van der Waals surface area contributed by atoms with Crippen molar-refractivity contribution in [2.24, 2.45) is 5.92 Å². The number of ether oxygens (including phenoxy) is 2. The fourth-order valence-electron chi connectivity index (χ4n) is 1.41. The molecule has 0 heterocycles. The van der Waals surface area contributed by atoms with Crippen LogP contribution in [0.25, 0.3) is 0 Å². The highest BCUT2D eigenvalue weighted by molar-refractivity contribution is 5.57. The zero-order chi connectivity index (χ0) is 12.7. The summed E-state index contributed by atoms with van der Waals surface area (Å²) in [6.07, 6.45) is 1.09. The van der Waals surface area contributed by atoms with Gasteiger partial charge >= 0.3 is 0 Å². The number of rotatable bonds is 7. The molecule has 3 heteroatoms. The minimum absolute atomic E-state index is 0.547. The highest BCUT2D eigenvalue weighted by Crippen LogP contribution is 2.23. The fraction of sp³-hybridized carbons (Fsp3) is 0.571. The van der Waals surface area contributed by atoms with Gasteiger partial charge in [-0.25, -0.2) is 0 Å². The van der Waals surface area contributed by atoms with E-state index in [1.54, 1.807) is 0 Å². The third-order valence-electron chi connectivity index (χ3n) is 2.61. The lowest BCUT2D eigenvalue weighted by Gasteiger charge is -2.11. The Labute approximate surface area is 104 Å².